The topological polar surface area (TPSA) is 95.4 Å². The fourth-order valence-corrected chi connectivity index (χ4v) is 2.53. The van der Waals surface area contributed by atoms with E-state index in [1.807, 2.05) is 18.2 Å². The largest absolute Gasteiger partial charge is 0.490 e. The molecule has 0 unspecified atom stereocenters. The summed E-state index contributed by atoms with van der Waals surface area (Å²) >= 11 is 0. The number of nitrogens with two attached hydrogens (primary N) is 1. The van der Waals surface area contributed by atoms with Gasteiger partial charge in [0.25, 0.3) is 0 Å². The summed E-state index contributed by atoms with van der Waals surface area (Å²) in [5.74, 6) is -0.540. The average molecular weight is 310 g/mol. The molecule has 3 aromatic rings. The van der Waals surface area contributed by atoms with Crippen molar-refractivity contribution in [2.75, 3.05) is 7.11 Å². The van der Waals surface area contributed by atoms with Crippen LogP contribution in [0.3, 0.4) is 0 Å². The van der Waals surface area contributed by atoms with Gasteiger partial charge in [0.05, 0.1) is 13.5 Å². The number of fused-ring (bicyclic) bond motifs is 1. The summed E-state index contributed by atoms with van der Waals surface area (Å²) in [7, 11) is 1.36. The third kappa shape index (κ3) is 2.78. The van der Waals surface area contributed by atoms with Crippen molar-refractivity contribution in [3.63, 3.8) is 0 Å². The average Bonchev–Trinajstić information content (AvgIpc) is 2.55. The summed E-state index contributed by atoms with van der Waals surface area (Å²) in [6, 6.07) is 9.12. The Hall–Kier alpha value is -3.15. The Balaban J connectivity index is 2.25. The Morgan fingerprint density at radius 1 is 1.22 bits per heavy atom. The van der Waals surface area contributed by atoms with Gasteiger partial charge < -0.3 is 14.9 Å². The molecule has 3 rings (SSSR count). The zero-order chi connectivity index (χ0) is 16.4. The normalized spacial score (nSPS) is 10.7. The van der Waals surface area contributed by atoms with Crippen molar-refractivity contribution in [2.24, 2.45) is 5.73 Å². The second kappa shape index (κ2) is 5.92. The standard InChI is InChI=1S/C17H14N2O4/c1-22-16-13(9-15(18)20)12-3-2-11(8-14(12)23-17(16)21)10-4-6-19-7-5-10/h2-8H,9H2,1H3,(H2,18,20). The predicted octanol–water partition coefficient (Wildman–Crippen LogP) is 1.89. The lowest BCUT2D eigenvalue weighted by molar-refractivity contribution is -0.117. The van der Waals surface area contributed by atoms with Crippen molar-refractivity contribution in [1.82, 2.24) is 4.98 Å². The van der Waals surface area contributed by atoms with Gasteiger partial charge in [-0.15, -0.1) is 0 Å². The van der Waals surface area contributed by atoms with Crippen LogP contribution in [-0.4, -0.2) is 18.0 Å². The summed E-state index contributed by atoms with van der Waals surface area (Å²) in [4.78, 5) is 27.3. The van der Waals surface area contributed by atoms with Crippen molar-refractivity contribution in [2.45, 2.75) is 6.42 Å². The number of hydrogen-bond acceptors (Lipinski definition) is 5. The number of hydrogen-bond donors (Lipinski definition) is 1. The molecule has 0 saturated carbocycles. The quantitative estimate of drug-likeness (QED) is 0.742. The number of rotatable bonds is 4. The smallest absolute Gasteiger partial charge is 0.379 e. The molecule has 0 aliphatic heterocycles. The van der Waals surface area contributed by atoms with Crippen molar-refractivity contribution in [3.8, 4) is 16.9 Å². The Kier molecular flexibility index (Phi) is 3.80. The molecule has 1 aromatic carbocycles. The maximum absolute atomic E-state index is 12.1. The van der Waals surface area contributed by atoms with Crippen LogP contribution in [0.1, 0.15) is 5.56 Å². The zero-order valence-electron chi connectivity index (χ0n) is 12.4. The van der Waals surface area contributed by atoms with Gasteiger partial charge in [-0.2, -0.15) is 0 Å². The number of methoxy groups -OCH3 is 1. The number of carbonyl (C=O) groups excluding carboxylic acids is 1. The molecule has 0 fully saturated rings. The minimum Gasteiger partial charge on any atom is -0.490 e. The number of ether oxygens (including phenoxy) is 1. The van der Waals surface area contributed by atoms with Crippen LogP contribution in [0.2, 0.25) is 0 Å². The van der Waals surface area contributed by atoms with Gasteiger partial charge in [-0.1, -0.05) is 12.1 Å². The highest BCUT2D eigenvalue weighted by atomic mass is 16.5. The van der Waals surface area contributed by atoms with Crippen LogP contribution < -0.4 is 16.1 Å². The first-order valence-corrected chi connectivity index (χ1v) is 6.92. The first kappa shape index (κ1) is 14.8. The zero-order valence-corrected chi connectivity index (χ0v) is 12.4. The molecule has 2 heterocycles. The molecule has 2 N–H and O–H groups in total. The summed E-state index contributed by atoms with van der Waals surface area (Å²) in [6.45, 7) is 0. The number of carbonyl (C=O) groups is 1. The van der Waals surface area contributed by atoms with Gasteiger partial charge in [0.2, 0.25) is 11.7 Å². The van der Waals surface area contributed by atoms with Gasteiger partial charge in [-0.3, -0.25) is 9.78 Å². The van der Waals surface area contributed by atoms with E-state index in [0.29, 0.717) is 16.5 Å². The molecule has 0 atom stereocenters. The third-order valence-electron chi connectivity index (χ3n) is 3.54. The van der Waals surface area contributed by atoms with Crippen molar-refractivity contribution in [1.29, 1.82) is 0 Å². The number of amides is 1. The van der Waals surface area contributed by atoms with Crippen LogP contribution in [0.25, 0.3) is 22.1 Å². The molecule has 116 valence electrons. The van der Waals surface area contributed by atoms with Crippen LogP contribution in [-0.2, 0) is 11.2 Å². The van der Waals surface area contributed by atoms with E-state index < -0.39 is 11.5 Å². The monoisotopic (exact) mass is 310 g/mol. The molecule has 0 radical (unpaired) electrons. The van der Waals surface area contributed by atoms with E-state index in [9.17, 15) is 9.59 Å². The van der Waals surface area contributed by atoms with E-state index in [-0.39, 0.29) is 12.2 Å². The Bertz CT molecular complexity index is 932. The van der Waals surface area contributed by atoms with Crippen molar-refractivity contribution < 1.29 is 13.9 Å². The van der Waals surface area contributed by atoms with Crippen molar-refractivity contribution in [3.05, 3.63) is 58.7 Å². The van der Waals surface area contributed by atoms with E-state index in [0.717, 1.165) is 11.1 Å². The highest BCUT2D eigenvalue weighted by Crippen LogP contribution is 2.29. The molecule has 0 aliphatic rings. The van der Waals surface area contributed by atoms with Gasteiger partial charge in [0.15, 0.2) is 0 Å². The predicted molar refractivity (Wildman–Crippen MR) is 85.2 cm³/mol. The summed E-state index contributed by atoms with van der Waals surface area (Å²) in [6.07, 6.45) is 3.27. The lowest BCUT2D eigenvalue weighted by Gasteiger charge is -2.10. The Labute approximate surface area is 131 Å². The number of nitrogens with zero attached hydrogens (tertiary/aromatic N) is 1. The van der Waals surface area contributed by atoms with Gasteiger partial charge in [0.1, 0.15) is 5.58 Å². The second-order valence-corrected chi connectivity index (χ2v) is 4.99. The SMILES string of the molecule is COc1c(CC(N)=O)c2ccc(-c3ccncc3)cc2oc1=O. The van der Waals surface area contributed by atoms with Gasteiger partial charge in [-0.05, 0) is 29.3 Å². The molecule has 6 heteroatoms. The highest BCUT2D eigenvalue weighted by molar-refractivity contribution is 5.90. The van der Waals surface area contributed by atoms with Gasteiger partial charge in [0, 0.05) is 23.3 Å². The maximum atomic E-state index is 12.1. The molecule has 23 heavy (non-hydrogen) atoms. The van der Waals surface area contributed by atoms with Crippen molar-refractivity contribution >= 4 is 16.9 Å². The summed E-state index contributed by atoms with van der Waals surface area (Å²) in [5.41, 5.74) is 7.27. The van der Waals surface area contributed by atoms with Crippen LogP contribution in [0.15, 0.2) is 51.9 Å². The molecule has 2 aromatic heterocycles. The van der Waals surface area contributed by atoms with E-state index in [1.54, 1.807) is 24.5 Å². The minimum absolute atomic E-state index is 0.00737. The van der Waals surface area contributed by atoms with Crippen LogP contribution in [0, 0.1) is 0 Å². The second-order valence-electron chi connectivity index (χ2n) is 4.99. The number of aromatic nitrogens is 1. The number of benzene rings is 1. The Morgan fingerprint density at radius 2 is 1.96 bits per heavy atom. The fraction of sp³-hybridized carbons (Fsp3) is 0.118. The first-order chi connectivity index (χ1) is 11.1. The fourth-order valence-electron chi connectivity index (χ4n) is 2.53. The van der Waals surface area contributed by atoms with E-state index in [4.69, 9.17) is 14.9 Å². The van der Waals surface area contributed by atoms with Gasteiger partial charge >= 0.3 is 5.63 Å². The molecule has 0 bridgehead atoms. The first-order valence-electron chi connectivity index (χ1n) is 6.92. The van der Waals surface area contributed by atoms with Crippen LogP contribution in [0.5, 0.6) is 5.75 Å². The molecular weight excluding hydrogens is 296 g/mol. The molecular formula is C17H14N2O4. The number of pyridine rings is 1. The molecule has 0 spiro atoms. The summed E-state index contributed by atoms with van der Waals surface area (Å²) < 4.78 is 10.4. The molecule has 0 aliphatic carbocycles. The molecule has 1 amide bonds. The lowest BCUT2D eigenvalue weighted by Crippen LogP contribution is -2.17. The highest BCUT2D eigenvalue weighted by Gasteiger charge is 2.17. The van der Waals surface area contributed by atoms with E-state index in [1.165, 1.54) is 7.11 Å². The number of primary amides is 1. The maximum Gasteiger partial charge on any atom is 0.379 e. The van der Waals surface area contributed by atoms with Crippen LogP contribution in [0.4, 0.5) is 0 Å². The summed E-state index contributed by atoms with van der Waals surface area (Å²) in [5, 5.41) is 0.623. The molecule has 6 nitrogen and oxygen atoms in total. The minimum atomic E-state index is -0.636. The Morgan fingerprint density at radius 3 is 2.61 bits per heavy atom. The van der Waals surface area contributed by atoms with E-state index in [2.05, 4.69) is 4.98 Å². The van der Waals surface area contributed by atoms with Gasteiger partial charge in [-0.25, -0.2) is 4.79 Å². The van der Waals surface area contributed by atoms with E-state index >= 15 is 0 Å². The lowest BCUT2D eigenvalue weighted by atomic mass is 10.0. The molecule has 0 saturated heterocycles. The van der Waals surface area contributed by atoms with Crippen LogP contribution >= 0.6 is 0 Å². The third-order valence-corrected chi connectivity index (χ3v) is 3.54.